The monoisotopic (exact) mass is 353 g/mol. The quantitative estimate of drug-likeness (QED) is 0.615. The molecule has 0 saturated carbocycles. The number of para-hydroxylation sites is 1. The highest BCUT2D eigenvalue weighted by atomic mass is 32.2. The molecule has 1 aliphatic rings. The molecule has 0 spiro atoms. The van der Waals surface area contributed by atoms with Gasteiger partial charge in [-0.25, -0.2) is 0 Å². The summed E-state index contributed by atoms with van der Waals surface area (Å²) in [6.45, 7) is 3.98. The molecule has 5 heteroatoms. The Morgan fingerprint density at radius 2 is 1.88 bits per heavy atom. The number of amides is 1. The van der Waals surface area contributed by atoms with Crippen molar-refractivity contribution < 1.29 is 14.3 Å². The number of esters is 1. The van der Waals surface area contributed by atoms with E-state index in [9.17, 15) is 9.59 Å². The SMILES string of the molecule is CCOC(=O)CN1C(=O)C(=Cc2ccc(C)cc2)Sc2ccccc21. The third-order valence-electron chi connectivity index (χ3n) is 3.80. The van der Waals surface area contributed by atoms with E-state index >= 15 is 0 Å². The van der Waals surface area contributed by atoms with Crippen LogP contribution in [-0.4, -0.2) is 25.0 Å². The van der Waals surface area contributed by atoms with Crippen molar-refractivity contribution in [3.63, 3.8) is 0 Å². The third-order valence-corrected chi connectivity index (χ3v) is 4.88. The zero-order chi connectivity index (χ0) is 17.8. The number of ether oxygens (including phenoxy) is 1. The number of carbonyl (C=O) groups excluding carboxylic acids is 2. The molecule has 1 aliphatic heterocycles. The smallest absolute Gasteiger partial charge is 0.326 e. The standard InChI is InChI=1S/C20H19NO3S/c1-3-24-19(22)13-21-16-6-4-5-7-17(16)25-18(20(21)23)12-15-10-8-14(2)9-11-15/h4-12H,3,13H2,1-2H3. The second-order valence-electron chi connectivity index (χ2n) is 5.69. The predicted octanol–water partition coefficient (Wildman–Crippen LogP) is 4.04. The first-order chi connectivity index (χ1) is 12.1. The van der Waals surface area contributed by atoms with Crippen LogP contribution in [0.15, 0.2) is 58.3 Å². The highest BCUT2D eigenvalue weighted by Gasteiger charge is 2.30. The van der Waals surface area contributed by atoms with Gasteiger partial charge in [-0.15, -0.1) is 0 Å². The molecule has 0 unspecified atom stereocenters. The van der Waals surface area contributed by atoms with Gasteiger partial charge in [0.2, 0.25) is 0 Å². The Bertz CT molecular complexity index is 827. The highest BCUT2D eigenvalue weighted by Crippen LogP contribution is 2.41. The van der Waals surface area contributed by atoms with Crippen LogP contribution >= 0.6 is 11.8 Å². The van der Waals surface area contributed by atoms with Gasteiger partial charge in [0.05, 0.1) is 17.2 Å². The van der Waals surface area contributed by atoms with Crippen molar-refractivity contribution >= 4 is 35.4 Å². The van der Waals surface area contributed by atoms with Crippen LogP contribution in [0.2, 0.25) is 0 Å². The van der Waals surface area contributed by atoms with Gasteiger partial charge in [0.1, 0.15) is 6.54 Å². The van der Waals surface area contributed by atoms with E-state index in [1.54, 1.807) is 6.92 Å². The molecule has 0 aromatic heterocycles. The second-order valence-corrected chi connectivity index (χ2v) is 6.77. The molecule has 0 fully saturated rings. The Kier molecular flexibility index (Phi) is 5.24. The van der Waals surface area contributed by atoms with Crippen molar-refractivity contribution in [1.82, 2.24) is 0 Å². The van der Waals surface area contributed by atoms with E-state index in [-0.39, 0.29) is 12.5 Å². The minimum Gasteiger partial charge on any atom is -0.465 e. The first-order valence-corrected chi connectivity index (χ1v) is 8.93. The fourth-order valence-corrected chi connectivity index (χ4v) is 3.63. The zero-order valence-corrected chi connectivity index (χ0v) is 15.0. The lowest BCUT2D eigenvalue weighted by molar-refractivity contribution is -0.142. The molecule has 1 amide bonds. The number of anilines is 1. The van der Waals surface area contributed by atoms with Crippen molar-refractivity contribution in [3.05, 3.63) is 64.6 Å². The number of hydrogen-bond acceptors (Lipinski definition) is 4. The molecule has 2 aromatic carbocycles. The summed E-state index contributed by atoms with van der Waals surface area (Å²) in [6, 6.07) is 15.6. The van der Waals surface area contributed by atoms with Crippen LogP contribution in [0.3, 0.4) is 0 Å². The van der Waals surface area contributed by atoms with Crippen LogP contribution in [0.25, 0.3) is 6.08 Å². The van der Waals surface area contributed by atoms with Crippen LogP contribution in [0.1, 0.15) is 18.1 Å². The Labute approximate surface area is 151 Å². The number of nitrogens with zero attached hydrogens (tertiary/aromatic N) is 1. The Morgan fingerprint density at radius 1 is 1.16 bits per heavy atom. The normalized spacial score (nSPS) is 15.2. The highest BCUT2D eigenvalue weighted by molar-refractivity contribution is 8.04. The molecule has 128 valence electrons. The van der Waals surface area contributed by atoms with E-state index < -0.39 is 5.97 Å². The minimum absolute atomic E-state index is 0.0878. The summed E-state index contributed by atoms with van der Waals surface area (Å²) in [5, 5.41) is 0. The summed E-state index contributed by atoms with van der Waals surface area (Å²) in [4.78, 5) is 27.9. The summed E-state index contributed by atoms with van der Waals surface area (Å²) in [5.41, 5.74) is 2.86. The molecule has 0 N–H and O–H groups in total. The molecule has 25 heavy (non-hydrogen) atoms. The lowest BCUT2D eigenvalue weighted by Crippen LogP contribution is -2.39. The number of thioether (sulfide) groups is 1. The molecule has 0 bridgehead atoms. The van der Waals surface area contributed by atoms with Crippen molar-refractivity contribution in [1.29, 1.82) is 0 Å². The number of fused-ring (bicyclic) bond motifs is 1. The first-order valence-electron chi connectivity index (χ1n) is 8.11. The van der Waals surface area contributed by atoms with Gasteiger partial charge in [-0.3, -0.25) is 14.5 Å². The second kappa shape index (κ2) is 7.57. The van der Waals surface area contributed by atoms with Crippen molar-refractivity contribution in [2.75, 3.05) is 18.1 Å². The lowest BCUT2D eigenvalue weighted by atomic mass is 10.1. The van der Waals surface area contributed by atoms with E-state index in [4.69, 9.17) is 4.74 Å². The molecule has 1 heterocycles. The van der Waals surface area contributed by atoms with Crippen molar-refractivity contribution in [2.24, 2.45) is 0 Å². The van der Waals surface area contributed by atoms with Gasteiger partial charge in [0.25, 0.3) is 5.91 Å². The molecule has 3 rings (SSSR count). The maximum absolute atomic E-state index is 12.9. The van der Waals surface area contributed by atoms with Crippen molar-refractivity contribution in [2.45, 2.75) is 18.7 Å². The molecule has 2 aromatic rings. The predicted molar refractivity (Wildman–Crippen MR) is 100 cm³/mol. The van der Waals surface area contributed by atoms with Gasteiger partial charge in [0.15, 0.2) is 0 Å². The first kappa shape index (κ1) is 17.3. The zero-order valence-electron chi connectivity index (χ0n) is 14.2. The number of benzene rings is 2. The van der Waals surface area contributed by atoms with E-state index in [1.165, 1.54) is 22.2 Å². The van der Waals surface area contributed by atoms with Gasteiger partial charge in [0, 0.05) is 4.90 Å². The van der Waals surface area contributed by atoms with Crippen LogP contribution in [0.5, 0.6) is 0 Å². The van der Waals surface area contributed by atoms with Crippen LogP contribution in [0, 0.1) is 6.92 Å². The Morgan fingerprint density at radius 3 is 2.60 bits per heavy atom. The number of carbonyl (C=O) groups is 2. The Balaban J connectivity index is 1.96. The van der Waals surface area contributed by atoms with E-state index in [0.717, 1.165) is 16.1 Å². The summed E-state index contributed by atoms with van der Waals surface area (Å²) >= 11 is 1.43. The molecule has 0 radical (unpaired) electrons. The average Bonchev–Trinajstić information content (AvgIpc) is 2.60. The topological polar surface area (TPSA) is 46.6 Å². The minimum atomic E-state index is -0.410. The van der Waals surface area contributed by atoms with Crippen LogP contribution < -0.4 is 4.90 Å². The van der Waals surface area contributed by atoms with Gasteiger partial charge in [-0.2, -0.15) is 0 Å². The molecule has 0 aliphatic carbocycles. The summed E-state index contributed by atoms with van der Waals surface area (Å²) in [5.74, 6) is -0.593. The largest absolute Gasteiger partial charge is 0.465 e. The lowest BCUT2D eigenvalue weighted by Gasteiger charge is -2.29. The summed E-state index contributed by atoms with van der Waals surface area (Å²) < 4.78 is 5.02. The van der Waals surface area contributed by atoms with E-state index in [1.807, 2.05) is 61.5 Å². The summed E-state index contributed by atoms with van der Waals surface area (Å²) in [6.07, 6.45) is 1.86. The molecule has 4 nitrogen and oxygen atoms in total. The average molecular weight is 353 g/mol. The van der Waals surface area contributed by atoms with Crippen molar-refractivity contribution in [3.8, 4) is 0 Å². The summed E-state index contributed by atoms with van der Waals surface area (Å²) in [7, 11) is 0. The maximum atomic E-state index is 12.9. The Hall–Kier alpha value is -2.53. The number of hydrogen-bond donors (Lipinski definition) is 0. The molecular formula is C20H19NO3S. The van der Waals surface area contributed by atoms with Gasteiger partial charge < -0.3 is 4.74 Å². The third kappa shape index (κ3) is 3.94. The van der Waals surface area contributed by atoms with E-state index in [2.05, 4.69) is 0 Å². The van der Waals surface area contributed by atoms with Crippen LogP contribution in [-0.2, 0) is 14.3 Å². The molecular weight excluding hydrogens is 334 g/mol. The van der Waals surface area contributed by atoms with Crippen LogP contribution in [0.4, 0.5) is 5.69 Å². The fourth-order valence-electron chi connectivity index (χ4n) is 2.57. The number of aryl methyl sites for hydroxylation is 1. The fraction of sp³-hybridized carbons (Fsp3) is 0.200. The molecule has 0 atom stereocenters. The van der Waals surface area contributed by atoms with Gasteiger partial charge in [-0.1, -0.05) is 53.7 Å². The number of rotatable bonds is 4. The van der Waals surface area contributed by atoms with Gasteiger partial charge in [-0.05, 0) is 37.6 Å². The maximum Gasteiger partial charge on any atom is 0.326 e. The molecule has 0 saturated heterocycles. The van der Waals surface area contributed by atoms with Gasteiger partial charge >= 0.3 is 5.97 Å². The van der Waals surface area contributed by atoms with E-state index in [0.29, 0.717) is 11.5 Å².